The molecule has 2 N–H and O–H groups in total. The summed E-state index contributed by atoms with van der Waals surface area (Å²) in [6, 6.07) is 5.29. The lowest BCUT2D eigenvalue weighted by atomic mass is 10.3. The van der Waals surface area contributed by atoms with Crippen LogP contribution in [0.15, 0.2) is 36.1 Å². The third kappa shape index (κ3) is 3.25. The van der Waals surface area contributed by atoms with E-state index in [1.54, 1.807) is 23.6 Å². The number of nitrogens with zero attached hydrogens (tertiary/aromatic N) is 2. The molecule has 88 valence electrons. The van der Waals surface area contributed by atoms with Gasteiger partial charge in [-0.05, 0) is 24.4 Å². The van der Waals surface area contributed by atoms with Crippen molar-refractivity contribution in [2.24, 2.45) is 0 Å². The van der Waals surface area contributed by atoms with Crippen molar-refractivity contribution in [3.05, 3.63) is 41.0 Å². The standard InChI is InChI=1S/C11H12N4OS/c1-8(9-3-2-6-17-9)14-11(16)15-10-4-5-12-7-13-10/h2-8H,1H3,(H2,12,13,14,15,16). The highest BCUT2D eigenvalue weighted by Gasteiger charge is 2.10. The van der Waals surface area contributed by atoms with Crippen LogP contribution in [0.4, 0.5) is 10.6 Å². The number of amides is 2. The minimum absolute atomic E-state index is 0.0168. The average Bonchev–Trinajstić information content (AvgIpc) is 2.83. The minimum atomic E-state index is -0.274. The summed E-state index contributed by atoms with van der Waals surface area (Å²) in [5.74, 6) is 0.482. The Bertz CT molecular complexity index is 471. The molecule has 1 atom stereocenters. The maximum atomic E-state index is 11.6. The zero-order valence-corrected chi connectivity index (χ0v) is 10.1. The van der Waals surface area contributed by atoms with Crippen LogP contribution in [0.3, 0.4) is 0 Å². The first kappa shape index (κ1) is 11.5. The number of carbonyl (C=O) groups excluding carboxylic acids is 1. The van der Waals surface area contributed by atoms with Gasteiger partial charge in [0.05, 0.1) is 6.04 Å². The summed E-state index contributed by atoms with van der Waals surface area (Å²) in [7, 11) is 0. The second-order valence-corrected chi connectivity index (χ2v) is 4.41. The van der Waals surface area contributed by atoms with Crippen LogP contribution in [-0.2, 0) is 0 Å². The lowest BCUT2D eigenvalue weighted by molar-refractivity contribution is 0.249. The van der Waals surface area contributed by atoms with E-state index in [4.69, 9.17) is 0 Å². The fraction of sp³-hybridized carbons (Fsp3) is 0.182. The molecular formula is C11H12N4OS. The predicted molar refractivity (Wildman–Crippen MR) is 66.9 cm³/mol. The molecule has 5 nitrogen and oxygen atoms in total. The molecule has 0 aromatic carbocycles. The first-order valence-corrected chi connectivity index (χ1v) is 6.00. The van der Waals surface area contributed by atoms with E-state index >= 15 is 0 Å². The van der Waals surface area contributed by atoms with Gasteiger partial charge >= 0.3 is 6.03 Å². The molecule has 0 fully saturated rings. The Morgan fingerprint density at radius 2 is 2.35 bits per heavy atom. The van der Waals surface area contributed by atoms with Gasteiger partial charge in [0.15, 0.2) is 0 Å². The van der Waals surface area contributed by atoms with Gasteiger partial charge in [-0.1, -0.05) is 6.07 Å². The number of thiophene rings is 1. The molecule has 2 aromatic rings. The highest BCUT2D eigenvalue weighted by molar-refractivity contribution is 7.10. The van der Waals surface area contributed by atoms with Gasteiger partial charge in [-0.25, -0.2) is 14.8 Å². The van der Waals surface area contributed by atoms with E-state index in [2.05, 4.69) is 20.6 Å². The van der Waals surface area contributed by atoms with Crippen molar-refractivity contribution >= 4 is 23.2 Å². The molecule has 0 aliphatic carbocycles. The maximum Gasteiger partial charge on any atom is 0.320 e. The molecule has 2 aromatic heterocycles. The van der Waals surface area contributed by atoms with Gasteiger partial charge in [-0.3, -0.25) is 5.32 Å². The molecular weight excluding hydrogens is 236 g/mol. The zero-order chi connectivity index (χ0) is 12.1. The summed E-state index contributed by atoms with van der Waals surface area (Å²) in [6.07, 6.45) is 2.96. The monoisotopic (exact) mass is 248 g/mol. The summed E-state index contributed by atoms with van der Waals surface area (Å²) in [4.78, 5) is 20.4. The number of carbonyl (C=O) groups is 1. The first-order valence-electron chi connectivity index (χ1n) is 5.12. The molecule has 0 radical (unpaired) electrons. The fourth-order valence-electron chi connectivity index (χ4n) is 1.32. The first-order chi connectivity index (χ1) is 8.25. The van der Waals surface area contributed by atoms with Crippen molar-refractivity contribution in [1.29, 1.82) is 0 Å². The van der Waals surface area contributed by atoms with Crippen molar-refractivity contribution in [2.45, 2.75) is 13.0 Å². The smallest absolute Gasteiger partial charge is 0.320 e. The van der Waals surface area contributed by atoms with Crippen LogP contribution in [0.1, 0.15) is 17.8 Å². The Labute approximate surface area is 103 Å². The van der Waals surface area contributed by atoms with Crippen molar-refractivity contribution in [3.8, 4) is 0 Å². The largest absolute Gasteiger partial charge is 0.330 e. The molecule has 0 aliphatic rings. The van der Waals surface area contributed by atoms with Crippen LogP contribution >= 0.6 is 11.3 Å². The van der Waals surface area contributed by atoms with E-state index in [9.17, 15) is 4.79 Å². The Kier molecular flexibility index (Phi) is 3.66. The van der Waals surface area contributed by atoms with Gasteiger partial charge in [0.2, 0.25) is 0 Å². The Morgan fingerprint density at radius 3 is 3.00 bits per heavy atom. The van der Waals surface area contributed by atoms with Gasteiger partial charge in [-0.15, -0.1) is 11.3 Å². The number of hydrogen-bond acceptors (Lipinski definition) is 4. The van der Waals surface area contributed by atoms with E-state index in [-0.39, 0.29) is 12.1 Å². The molecule has 1 unspecified atom stereocenters. The molecule has 0 spiro atoms. The van der Waals surface area contributed by atoms with Crippen LogP contribution in [0.2, 0.25) is 0 Å². The molecule has 2 amide bonds. The molecule has 17 heavy (non-hydrogen) atoms. The quantitative estimate of drug-likeness (QED) is 0.876. The second-order valence-electron chi connectivity index (χ2n) is 3.43. The van der Waals surface area contributed by atoms with Crippen LogP contribution in [-0.4, -0.2) is 16.0 Å². The lowest BCUT2D eigenvalue weighted by Crippen LogP contribution is -2.31. The van der Waals surface area contributed by atoms with E-state index < -0.39 is 0 Å². The van der Waals surface area contributed by atoms with Gasteiger partial charge in [0.1, 0.15) is 12.1 Å². The van der Waals surface area contributed by atoms with Gasteiger partial charge < -0.3 is 5.32 Å². The number of urea groups is 1. The van der Waals surface area contributed by atoms with Crippen molar-refractivity contribution in [2.75, 3.05) is 5.32 Å². The van der Waals surface area contributed by atoms with Crippen LogP contribution < -0.4 is 10.6 Å². The van der Waals surface area contributed by atoms with Gasteiger partial charge in [-0.2, -0.15) is 0 Å². The van der Waals surface area contributed by atoms with Gasteiger partial charge in [0, 0.05) is 11.1 Å². The molecule has 0 saturated heterocycles. The third-order valence-electron chi connectivity index (χ3n) is 2.14. The molecule has 2 rings (SSSR count). The Morgan fingerprint density at radius 1 is 1.47 bits per heavy atom. The Balaban J connectivity index is 1.90. The van der Waals surface area contributed by atoms with Crippen LogP contribution in [0, 0.1) is 0 Å². The molecule has 0 saturated carbocycles. The summed E-state index contributed by atoms with van der Waals surface area (Å²) < 4.78 is 0. The Hall–Kier alpha value is -1.95. The van der Waals surface area contributed by atoms with E-state index in [1.807, 2.05) is 24.4 Å². The molecule has 0 bridgehead atoms. The average molecular weight is 248 g/mol. The lowest BCUT2D eigenvalue weighted by Gasteiger charge is -2.12. The summed E-state index contributed by atoms with van der Waals surface area (Å²) in [5, 5.41) is 7.45. The van der Waals surface area contributed by atoms with Crippen LogP contribution in [0.25, 0.3) is 0 Å². The minimum Gasteiger partial charge on any atom is -0.330 e. The molecule has 2 heterocycles. The van der Waals surface area contributed by atoms with Gasteiger partial charge in [0.25, 0.3) is 0 Å². The van der Waals surface area contributed by atoms with Crippen molar-refractivity contribution < 1.29 is 4.79 Å². The normalized spacial score (nSPS) is 11.8. The zero-order valence-electron chi connectivity index (χ0n) is 9.25. The third-order valence-corrected chi connectivity index (χ3v) is 3.20. The number of rotatable bonds is 3. The molecule has 6 heteroatoms. The number of aromatic nitrogens is 2. The number of hydrogen-bond donors (Lipinski definition) is 2. The van der Waals surface area contributed by atoms with Crippen LogP contribution in [0.5, 0.6) is 0 Å². The van der Waals surface area contributed by atoms with Crippen molar-refractivity contribution in [3.63, 3.8) is 0 Å². The summed E-state index contributed by atoms with van der Waals surface area (Å²) in [6.45, 7) is 1.94. The topological polar surface area (TPSA) is 66.9 Å². The number of nitrogens with one attached hydrogen (secondary N) is 2. The van der Waals surface area contributed by atoms with E-state index in [0.29, 0.717) is 5.82 Å². The fourth-order valence-corrected chi connectivity index (χ4v) is 2.06. The highest BCUT2D eigenvalue weighted by Crippen LogP contribution is 2.17. The predicted octanol–water partition coefficient (Wildman–Crippen LogP) is 2.42. The van der Waals surface area contributed by atoms with E-state index in [1.165, 1.54) is 6.33 Å². The van der Waals surface area contributed by atoms with Crippen molar-refractivity contribution in [1.82, 2.24) is 15.3 Å². The van der Waals surface area contributed by atoms with E-state index in [0.717, 1.165) is 4.88 Å². The number of anilines is 1. The molecule has 0 aliphatic heterocycles. The summed E-state index contributed by atoms with van der Waals surface area (Å²) >= 11 is 1.61. The SMILES string of the molecule is CC(NC(=O)Nc1ccncn1)c1cccs1. The summed E-state index contributed by atoms with van der Waals surface area (Å²) in [5.41, 5.74) is 0. The second kappa shape index (κ2) is 5.40. The highest BCUT2D eigenvalue weighted by atomic mass is 32.1. The maximum absolute atomic E-state index is 11.6.